The fourth-order valence-electron chi connectivity index (χ4n) is 2.76. The van der Waals surface area contributed by atoms with Gasteiger partial charge >= 0.3 is 0 Å². The minimum absolute atomic E-state index is 0.0654. The van der Waals surface area contributed by atoms with E-state index < -0.39 is 17.5 Å². The molecule has 1 saturated heterocycles. The number of hydrogen-bond donors (Lipinski definition) is 2. The quantitative estimate of drug-likeness (QED) is 0.891. The monoisotopic (exact) mass is 345 g/mol. The first-order valence-corrected chi connectivity index (χ1v) is 8.72. The Labute approximate surface area is 143 Å². The van der Waals surface area contributed by atoms with Crippen LogP contribution in [0.15, 0.2) is 34.4 Å². The second kappa shape index (κ2) is 6.60. The number of H-pyrrole nitrogens is 1. The van der Waals surface area contributed by atoms with Crippen molar-refractivity contribution in [2.24, 2.45) is 0 Å². The highest BCUT2D eigenvalue weighted by molar-refractivity contribution is 7.10. The van der Waals surface area contributed by atoms with Crippen molar-refractivity contribution in [3.05, 3.63) is 56.1 Å². The summed E-state index contributed by atoms with van der Waals surface area (Å²) in [6, 6.07) is 6.29. The third-order valence-corrected chi connectivity index (χ3v) is 4.99. The Balaban J connectivity index is 1.96. The summed E-state index contributed by atoms with van der Waals surface area (Å²) in [6.45, 7) is 4.69. The first-order valence-electron chi connectivity index (χ1n) is 7.84. The molecule has 1 fully saturated rings. The van der Waals surface area contributed by atoms with Gasteiger partial charge in [-0.05, 0) is 29.5 Å². The molecule has 0 spiro atoms. The van der Waals surface area contributed by atoms with Crippen molar-refractivity contribution in [2.45, 2.75) is 25.8 Å². The third kappa shape index (κ3) is 2.99. The van der Waals surface area contributed by atoms with Gasteiger partial charge in [0.2, 0.25) is 5.91 Å². The fourth-order valence-corrected chi connectivity index (χ4v) is 3.60. The van der Waals surface area contributed by atoms with Crippen molar-refractivity contribution in [2.75, 3.05) is 13.1 Å². The maximum absolute atomic E-state index is 12.9. The lowest BCUT2D eigenvalue weighted by Crippen LogP contribution is -2.52. The molecule has 1 unspecified atom stereocenters. The highest BCUT2D eigenvalue weighted by Gasteiger charge is 2.36. The number of carbonyl (C=O) groups is 2. The molecular weight excluding hydrogens is 326 g/mol. The largest absolute Gasteiger partial charge is 0.352 e. The van der Waals surface area contributed by atoms with E-state index in [-0.39, 0.29) is 17.4 Å². The number of nitrogens with one attached hydrogen (secondary N) is 2. The molecule has 2 N–H and O–H groups in total. The van der Waals surface area contributed by atoms with Gasteiger partial charge in [0.05, 0.1) is 0 Å². The molecule has 3 rings (SSSR count). The van der Waals surface area contributed by atoms with Crippen LogP contribution in [-0.2, 0) is 4.79 Å². The number of hydrogen-bond acceptors (Lipinski definition) is 4. The topological polar surface area (TPSA) is 82.3 Å². The molecule has 0 radical (unpaired) electrons. The average Bonchev–Trinajstić information content (AvgIpc) is 3.07. The van der Waals surface area contributed by atoms with Crippen LogP contribution in [0.2, 0.25) is 0 Å². The summed E-state index contributed by atoms with van der Waals surface area (Å²) in [7, 11) is 0. The molecule has 0 aliphatic carbocycles. The number of carbonyl (C=O) groups excluding carboxylic acids is 2. The van der Waals surface area contributed by atoms with Crippen LogP contribution in [0.4, 0.5) is 0 Å². The summed E-state index contributed by atoms with van der Waals surface area (Å²) in [4.78, 5) is 42.5. The normalized spacial score (nSPS) is 17.9. The molecule has 3 heterocycles. The van der Waals surface area contributed by atoms with E-state index in [9.17, 15) is 14.4 Å². The summed E-state index contributed by atoms with van der Waals surface area (Å²) >= 11 is 1.42. The van der Waals surface area contributed by atoms with E-state index in [1.54, 1.807) is 12.1 Å². The predicted octanol–water partition coefficient (Wildman–Crippen LogP) is 1.87. The Morgan fingerprint density at radius 3 is 2.71 bits per heavy atom. The van der Waals surface area contributed by atoms with Crippen molar-refractivity contribution in [1.82, 2.24) is 15.2 Å². The van der Waals surface area contributed by atoms with Crippen LogP contribution in [0.5, 0.6) is 0 Å². The van der Waals surface area contributed by atoms with Gasteiger partial charge in [0, 0.05) is 23.7 Å². The van der Waals surface area contributed by atoms with Crippen LogP contribution in [-0.4, -0.2) is 34.8 Å². The molecular formula is C17H19N3O3S. The molecule has 7 heteroatoms. The van der Waals surface area contributed by atoms with Crippen LogP contribution in [0.25, 0.3) is 0 Å². The molecule has 0 bridgehead atoms. The Bertz CT molecular complexity index is 811. The number of aromatic amines is 1. The number of piperazine rings is 1. The average molecular weight is 345 g/mol. The van der Waals surface area contributed by atoms with Crippen LogP contribution < -0.4 is 10.9 Å². The standard InChI is InChI=1S/C17H19N3O3S/c1-10(2)12-6-5-11(15(21)19-12)17(23)20-8-7-18-16(22)14(20)13-4-3-9-24-13/h3-6,9-10,14H,7-8H2,1-2H3,(H,18,22)(H,19,21). The van der Waals surface area contributed by atoms with Crippen molar-refractivity contribution < 1.29 is 9.59 Å². The predicted molar refractivity (Wildman–Crippen MR) is 92.3 cm³/mol. The molecule has 24 heavy (non-hydrogen) atoms. The number of thiophene rings is 1. The Hall–Kier alpha value is -2.41. The molecule has 6 nitrogen and oxygen atoms in total. The maximum Gasteiger partial charge on any atom is 0.261 e. The van der Waals surface area contributed by atoms with Gasteiger partial charge < -0.3 is 15.2 Å². The number of amides is 2. The smallest absolute Gasteiger partial charge is 0.261 e. The van der Waals surface area contributed by atoms with Gasteiger partial charge in [0.15, 0.2) is 0 Å². The molecule has 2 aromatic heterocycles. The Kier molecular flexibility index (Phi) is 4.53. The fraction of sp³-hybridized carbons (Fsp3) is 0.353. The zero-order valence-electron chi connectivity index (χ0n) is 13.5. The van der Waals surface area contributed by atoms with Gasteiger partial charge in [-0.2, -0.15) is 0 Å². The molecule has 1 atom stereocenters. The highest BCUT2D eigenvalue weighted by Crippen LogP contribution is 2.28. The Morgan fingerprint density at radius 2 is 2.08 bits per heavy atom. The van der Waals surface area contributed by atoms with Crippen molar-refractivity contribution >= 4 is 23.2 Å². The van der Waals surface area contributed by atoms with Crippen LogP contribution in [0.3, 0.4) is 0 Å². The van der Waals surface area contributed by atoms with E-state index in [1.807, 2.05) is 31.4 Å². The Morgan fingerprint density at radius 1 is 1.29 bits per heavy atom. The number of aromatic nitrogens is 1. The summed E-state index contributed by atoms with van der Waals surface area (Å²) in [5.74, 6) is -0.464. The van der Waals surface area contributed by atoms with Gasteiger partial charge in [-0.25, -0.2) is 0 Å². The lowest BCUT2D eigenvalue weighted by Gasteiger charge is -2.34. The van der Waals surface area contributed by atoms with E-state index in [1.165, 1.54) is 16.2 Å². The third-order valence-electron chi connectivity index (χ3n) is 4.07. The number of rotatable bonds is 3. The first-order chi connectivity index (χ1) is 11.5. The molecule has 0 aromatic carbocycles. The summed E-state index contributed by atoms with van der Waals surface area (Å²) in [5.41, 5.74) is 0.431. The van der Waals surface area contributed by atoms with E-state index in [0.29, 0.717) is 13.1 Å². The second-order valence-electron chi connectivity index (χ2n) is 6.02. The minimum atomic E-state index is -0.685. The first kappa shape index (κ1) is 16.4. The molecule has 0 saturated carbocycles. The second-order valence-corrected chi connectivity index (χ2v) is 7.00. The molecule has 2 aromatic rings. The lowest BCUT2D eigenvalue weighted by molar-refractivity contribution is -0.127. The molecule has 1 aliphatic heterocycles. The van der Waals surface area contributed by atoms with Crippen LogP contribution >= 0.6 is 11.3 Å². The summed E-state index contributed by atoms with van der Waals surface area (Å²) in [5, 5.41) is 4.65. The van der Waals surface area contributed by atoms with Crippen molar-refractivity contribution in [3.63, 3.8) is 0 Å². The zero-order valence-corrected chi connectivity index (χ0v) is 14.4. The van der Waals surface area contributed by atoms with E-state index in [2.05, 4.69) is 10.3 Å². The maximum atomic E-state index is 12.9. The SMILES string of the molecule is CC(C)c1ccc(C(=O)N2CCNC(=O)C2c2cccs2)c(=O)[nH]1. The van der Waals surface area contributed by atoms with Gasteiger partial charge in [0.25, 0.3) is 11.5 Å². The van der Waals surface area contributed by atoms with Gasteiger partial charge in [0.1, 0.15) is 11.6 Å². The van der Waals surface area contributed by atoms with Crippen LogP contribution in [0.1, 0.15) is 46.7 Å². The van der Waals surface area contributed by atoms with Crippen molar-refractivity contribution in [3.8, 4) is 0 Å². The molecule has 126 valence electrons. The van der Waals surface area contributed by atoms with E-state index in [4.69, 9.17) is 0 Å². The molecule has 1 aliphatic rings. The zero-order chi connectivity index (χ0) is 17.3. The van der Waals surface area contributed by atoms with Crippen LogP contribution in [0, 0.1) is 0 Å². The summed E-state index contributed by atoms with van der Waals surface area (Å²) in [6.07, 6.45) is 0. The lowest BCUT2D eigenvalue weighted by atomic mass is 10.1. The minimum Gasteiger partial charge on any atom is -0.352 e. The van der Waals surface area contributed by atoms with Gasteiger partial charge in [-0.3, -0.25) is 14.4 Å². The molecule has 2 amide bonds. The van der Waals surface area contributed by atoms with E-state index >= 15 is 0 Å². The van der Waals surface area contributed by atoms with Gasteiger partial charge in [-0.1, -0.05) is 19.9 Å². The number of nitrogens with zero attached hydrogens (tertiary/aromatic N) is 1. The number of pyridine rings is 1. The highest BCUT2D eigenvalue weighted by atomic mass is 32.1. The summed E-state index contributed by atoms with van der Waals surface area (Å²) < 4.78 is 0. The van der Waals surface area contributed by atoms with Crippen molar-refractivity contribution in [1.29, 1.82) is 0 Å². The van der Waals surface area contributed by atoms with E-state index in [0.717, 1.165) is 10.6 Å². The van der Waals surface area contributed by atoms with Gasteiger partial charge in [-0.15, -0.1) is 11.3 Å².